The Labute approximate surface area is 153 Å². The molecule has 3 fully saturated rings. The van der Waals surface area contributed by atoms with E-state index in [1.165, 1.54) is 0 Å². The van der Waals surface area contributed by atoms with E-state index in [2.05, 4.69) is 4.90 Å². The molecule has 3 aliphatic heterocycles. The highest BCUT2D eigenvalue weighted by atomic mass is 16.6. The van der Waals surface area contributed by atoms with Crippen LogP contribution in [0.2, 0.25) is 0 Å². The van der Waals surface area contributed by atoms with Gasteiger partial charge < -0.3 is 15.6 Å². The van der Waals surface area contributed by atoms with Gasteiger partial charge in [-0.25, -0.2) is 4.79 Å². The number of aliphatic hydroxyl groups is 1. The fourth-order valence-corrected chi connectivity index (χ4v) is 4.11. The molecule has 5 rings (SSSR count). The molecule has 0 radical (unpaired) electrons. The van der Waals surface area contributed by atoms with E-state index in [1.807, 2.05) is 6.07 Å². The smallest absolute Gasteiger partial charge is 0.348 e. The second-order valence-corrected chi connectivity index (χ2v) is 7.28. The zero-order valence-corrected chi connectivity index (χ0v) is 14.7. The van der Waals surface area contributed by atoms with Gasteiger partial charge in [-0.15, -0.1) is 0 Å². The van der Waals surface area contributed by atoms with Crippen molar-refractivity contribution < 1.29 is 14.6 Å². The van der Waals surface area contributed by atoms with Crippen LogP contribution in [0.3, 0.4) is 0 Å². The normalized spacial score (nSPS) is 26.9. The van der Waals surface area contributed by atoms with E-state index in [4.69, 9.17) is 10.5 Å². The average molecular weight is 352 g/mol. The predicted octanol–water partition coefficient (Wildman–Crippen LogP) is 2.14. The summed E-state index contributed by atoms with van der Waals surface area (Å²) in [6.45, 7) is 2.88. The topological polar surface area (TPSA) is 75.8 Å². The number of nitrogens with two attached hydrogens (primary N) is 1. The van der Waals surface area contributed by atoms with E-state index < -0.39 is 11.6 Å². The molecule has 5 nitrogen and oxygen atoms in total. The van der Waals surface area contributed by atoms with Crippen molar-refractivity contribution in [3.05, 3.63) is 65.7 Å². The first kappa shape index (κ1) is 17.1. The lowest BCUT2D eigenvalue weighted by Gasteiger charge is -2.44. The molecular weight excluding hydrogens is 328 g/mol. The molecule has 2 unspecified atom stereocenters. The first-order chi connectivity index (χ1) is 12.6. The lowest BCUT2D eigenvalue weighted by Crippen LogP contribution is -2.53. The van der Waals surface area contributed by atoms with Crippen LogP contribution in [-0.2, 0) is 15.1 Å². The van der Waals surface area contributed by atoms with Gasteiger partial charge in [-0.2, -0.15) is 0 Å². The summed E-state index contributed by atoms with van der Waals surface area (Å²) >= 11 is 0. The molecule has 2 bridgehead atoms. The number of esters is 1. The number of rotatable bonds is 4. The summed E-state index contributed by atoms with van der Waals surface area (Å²) in [4.78, 5) is 15.5. The molecule has 3 aliphatic rings. The lowest BCUT2D eigenvalue weighted by molar-refractivity contribution is -0.177. The van der Waals surface area contributed by atoms with Crippen LogP contribution >= 0.6 is 0 Å². The SMILES string of the molecule is Nc1cccc(C(O)(C(=O)OC2CN3CCC2CC3)c2ccccc2)c1. The van der Waals surface area contributed by atoms with Gasteiger partial charge in [0.1, 0.15) is 6.10 Å². The predicted molar refractivity (Wildman–Crippen MR) is 99.3 cm³/mol. The van der Waals surface area contributed by atoms with Crippen molar-refractivity contribution in [1.82, 2.24) is 4.90 Å². The van der Waals surface area contributed by atoms with Crippen LogP contribution in [0.15, 0.2) is 54.6 Å². The van der Waals surface area contributed by atoms with Crippen LogP contribution in [0.25, 0.3) is 0 Å². The summed E-state index contributed by atoms with van der Waals surface area (Å²) in [6.07, 6.45) is 1.92. The Morgan fingerprint density at radius 1 is 1.08 bits per heavy atom. The van der Waals surface area contributed by atoms with Crippen molar-refractivity contribution in [3.8, 4) is 0 Å². The number of nitrogen functional groups attached to an aromatic ring is 1. The van der Waals surface area contributed by atoms with Crippen molar-refractivity contribution >= 4 is 11.7 Å². The Hall–Kier alpha value is -2.37. The van der Waals surface area contributed by atoms with Gasteiger partial charge in [-0.1, -0.05) is 42.5 Å². The molecule has 0 amide bonds. The number of fused-ring (bicyclic) bond motifs is 3. The molecule has 3 heterocycles. The monoisotopic (exact) mass is 352 g/mol. The number of hydrogen-bond acceptors (Lipinski definition) is 5. The minimum Gasteiger partial charge on any atom is -0.458 e. The molecule has 0 aromatic heterocycles. The number of ether oxygens (including phenoxy) is 1. The summed E-state index contributed by atoms with van der Waals surface area (Å²) in [5, 5.41) is 11.5. The number of benzene rings is 2. The molecule has 2 aromatic carbocycles. The number of anilines is 1. The van der Waals surface area contributed by atoms with Crippen molar-refractivity contribution in [1.29, 1.82) is 0 Å². The minimum atomic E-state index is -1.87. The maximum atomic E-state index is 13.2. The van der Waals surface area contributed by atoms with Gasteiger partial charge in [0, 0.05) is 17.8 Å². The van der Waals surface area contributed by atoms with Crippen LogP contribution in [0, 0.1) is 5.92 Å². The second kappa shape index (κ2) is 6.74. The second-order valence-electron chi connectivity index (χ2n) is 7.28. The first-order valence-corrected chi connectivity index (χ1v) is 9.15. The van der Waals surface area contributed by atoms with E-state index in [-0.39, 0.29) is 6.10 Å². The Bertz CT molecular complexity index is 787. The molecule has 3 saturated heterocycles. The average Bonchev–Trinajstić information content (AvgIpc) is 2.69. The molecule has 5 heteroatoms. The number of nitrogens with zero attached hydrogens (tertiary/aromatic N) is 1. The van der Waals surface area contributed by atoms with Crippen LogP contribution in [0.5, 0.6) is 0 Å². The zero-order chi connectivity index (χ0) is 18.1. The largest absolute Gasteiger partial charge is 0.458 e. The number of carbonyl (C=O) groups excluding carboxylic acids is 1. The van der Waals surface area contributed by atoms with Crippen LogP contribution in [-0.4, -0.2) is 41.7 Å². The van der Waals surface area contributed by atoms with Crippen LogP contribution in [0.4, 0.5) is 5.69 Å². The molecule has 3 N–H and O–H groups in total. The third-order valence-corrected chi connectivity index (χ3v) is 5.65. The summed E-state index contributed by atoms with van der Waals surface area (Å²) in [7, 11) is 0. The highest BCUT2D eigenvalue weighted by Gasteiger charge is 2.45. The summed E-state index contributed by atoms with van der Waals surface area (Å²) in [5.41, 5.74) is 5.43. The first-order valence-electron chi connectivity index (χ1n) is 9.15. The van der Waals surface area contributed by atoms with E-state index in [1.54, 1.807) is 48.5 Å². The van der Waals surface area contributed by atoms with E-state index >= 15 is 0 Å². The molecule has 0 aliphatic carbocycles. The number of carbonyl (C=O) groups is 1. The summed E-state index contributed by atoms with van der Waals surface area (Å²) in [6, 6.07) is 15.7. The molecular formula is C21H24N2O3. The van der Waals surface area contributed by atoms with Gasteiger partial charge in [-0.05, 0) is 49.5 Å². The maximum absolute atomic E-state index is 13.2. The van der Waals surface area contributed by atoms with Crippen molar-refractivity contribution in [2.45, 2.75) is 24.5 Å². The molecule has 26 heavy (non-hydrogen) atoms. The maximum Gasteiger partial charge on any atom is 0.348 e. The molecule has 2 atom stereocenters. The van der Waals surface area contributed by atoms with Crippen LogP contribution < -0.4 is 5.73 Å². The third-order valence-electron chi connectivity index (χ3n) is 5.65. The molecule has 2 aromatic rings. The van der Waals surface area contributed by atoms with Crippen molar-refractivity contribution in [3.63, 3.8) is 0 Å². The van der Waals surface area contributed by atoms with Gasteiger partial charge in [0.15, 0.2) is 0 Å². The van der Waals surface area contributed by atoms with Gasteiger partial charge in [0.2, 0.25) is 5.60 Å². The molecule has 0 saturated carbocycles. The van der Waals surface area contributed by atoms with Crippen molar-refractivity contribution in [2.75, 3.05) is 25.4 Å². The van der Waals surface area contributed by atoms with Gasteiger partial charge >= 0.3 is 5.97 Å². The van der Waals surface area contributed by atoms with Gasteiger partial charge in [-0.3, -0.25) is 4.90 Å². The highest BCUT2D eigenvalue weighted by Crippen LogP contribution is 2.35. The minimum absolute atomic E-state index is 0.165. The zero-order valence-electron chi connectivity index (χ0n) is 14.7. The Morgan fingerprint density at radius 3 is 2.38 bits per heavy atom. The summed E-state index contributed by atoms with van der Waals surface area (Å²) < 4.78 is 5.87. The standard InChI is InChI=1S/C21H24N2O3/c22-18-8-4-7-17(13-18)21(25,16-5-2-1-3-6-16)20(24)26-19-14-23-11-9-15(19)10-12-23/h1-8,13,15,19,25H,9-12,14,22H2. The van der Waals surface area contributed by atoms with Gasteiger partial charge in [0.05, 0.1) is 0 Å². The summed E-state index contributed by atoms with van der Waals surface area (Å²) in [5.74, 6) is -0.252. The molecule has 0 spiro atoms. The third kappa shape index (κ3) is 2.97. The fraction of sp³-hybridized carbons (Fsp3) is 0.381. The fourth-order valence-electron chi connectivity index (χ4n) is 4.11. The number of hydrogen-bond donors (Lipinski definition) is 2. The molecule has 136 valence electrons. The van der Waals surface area contributed by atoms with E-state index in [9.17, 15) is 9.90 Å². The lowest BCUT2D eigenvalue weighted by atomic mass is 9.84. The van der Waals surface area contributed by atoms with Gasteiger partial charge in [0.25, 0.3) is 0 Å². The number of piperidine rings is 3. The Kier molecular flexibility index (Phi) is 4.42. The van der Waals surface area contributed by atoms with Crippen molar-refractivity contribution in [2.24, 2.45) is 5.92 Å². The van der Waals surface area contributed by atoms with E-state index in [0.717, 1.165) is 32.5 Å². The quantitative estimate of drug-likeness (QED) is 0.651. The Balaban J connectivity index is 1.68. The van der Waals surface area contributed by atoms with Crippen LogP contribution in [0.1, 0.15) is 24.0 Å². The Morgan fingerprint density at radius 2 is 1.77 bits per heavy atom. The highest BCUT2D eigenvalue weighted by molar-refractivity contribution is 5.86. The van der Waals surface area contributed by atoms with E-state index in [0.29, 0.717) is 22.7 Å².